The van der Waals surface area contributed by atoms with Gasteiger partial charge in [-0.05, 0) is 119 Å². The maximum absolute atomic E-state index is 12.1. The predicted molar refractivity (Wildman–Crippen MR) is 236 cm³/mol. The van der Waals surface area contributed by atoms with Crippen LogP contribution in [0.5, 0.6) is 11.5 Å². The molecular formula is C52H49N3O2. The van der Waals surface area contributed by atoms with Crippen LogP contribution in [0, 0.1) is 20.7 Å². The van der Waals surface area contributed by atoms with Crippen LogP contribution in [0.1, 0.15) is 82.0 Å². The SMILES string of the molecule is [2H]c1nc(-c2cc(-c3cccc4c3nc(-c3cc(C)cc(C)c3O)n4-c3cc(-c4ccccc4)cc(C([2H])(C)C)c3)cc(C(C)(C)C)c2)c(O)c(-c2c([2H])c([2H])c(C([2H])([2H])[2H])c([2H])c2[2H])c1[2H]. The van der Waals surface area contributed by atoms with Gasteiger partial charge in [-0.15, -0.1) is 0 Å². The van der Waals surface area contributed by atoms with Crippen LogP contribution >= 0.6 is 0 Å². The third kappa shape index (κ3) is 7.10. The zero-order chi connectivity index (χ0) is 48.8. The van der Waals surface area contributed by atoms with E-state index in [0.717, 1.165) is 33.5 Å². The van der Waals surface area contributed by atoms with Crippen molar-refractivity contribution >= 4 is 11.0 Å². The Hall–Kier alpha value is -6.46. The van der Waals surface area contributed by atoms with Gasteiger partial charge >= 0.3 is 0 Å². The maximum Gasteiger partial charge on any atom is 0.149 e. The smallest absolute Gasteiger partial charge is 0.149 e. The molecule has 0 radical (unpaired) electrons. The zero-order valence-electron chi connectivity index (χ0n) is 43.0. The number of phenolic OH excluding ortho intramolecular Hbond substituents is 1. The molecule has 0 fully saturated rings. The molecule has 6 aromatic carbocycles. The maximum atomic E-state index is 12.1. The number of aryl methyl sites for hydroxylation is 2. The highest BCUT2D eigenvalue weighted by atomic mass is 16.3. The van der Waals surface area contributed by atoms with Crippen LogP contribution in [-0.4, -0.2) is 24.7 Å². The summed E-state index contributed by atoms with van der Waals surface area (Å²) in [7, 11) is 0. The van der Waals surface area contributed by atoms with Gasteiger partial charge in [0.05, 0.1) is 24.8 Å². The van der Waals surface area contributed by atoms with Gasteiger partial charge in [-0.2, -0.15) is 0 Å². The van der Waals surface area contributed by atoms with Gasteiger partial charge in [0.1, 0.15) is 23.0 Å². The summed E-state index contributed by atoms with van der Waals surface area (Å²) in [6.45, 7) is 10.5. The lowest BCUT2D eigenvalue weighted by Gasteiger charge is -2.22. The molecule has 0 saturated carbocycles. The molecule has 0 aliphatic heterocycles. The van der Waals surface area contributed by atoms with Crippen LogP contribution in [0.2, 0.25) is 0 Å². The van der Waals surface area contributed by atoms with Crippen molar-refractivity contribution < 1.29 is 23.9 Å². The number of aromatic hydroxyl groups is 2. The van der Waals surface area contributed by atoms with E-state index in [1.165, 1.54) is 0 Å². The summed E-state index contributed by atoms with van der Waals surface area (Å²) in [5.74, 6) is -1.14. The van der Waals surface area contributed by atoms with Crippen molar-refractivity contribution in [2.75, 3.05) is 0 Å². The third-order valence-corrected chi connectivity index (χ3v) is 10.3. The number of hydrogen-bond donors (Lipinski definition) is 2. The predicted octanol–water partition coefficient (Wildman–Crippen LogP) is 13.5. The number of benzene rings is 6. The Bertz CT molecular complexity index is 3280. The van der Waals surface area contributed by atoms with Crippen LogP contribution in [0.25, 0.3) is 72.7 Å². The lowest BCUT2D eigenvalue weighted by atomic mass is 9.83. The quantitative estimate of drug-likeness (QED) is 0.170. The van der Waals surface area contributed by atoms with E-state index in [-0.39, 0.29) is 11.4 Å². The molecule has 0 saturated heterocycles. The summed E-state index contributed by atoms with van der Waals surface area (Å²) in [6, 6.07) is 27.1. The molecule has 0 aliphatic carbocycles. The normalized spacial score (nSPS) is 14.7. The van der Waals surface area contributed by atoms with E-state index in [2.05, 4.69) is 11.1 Å². The lowest BCUT2D eigenvalue weighted by molar-refractivity contribution is 0.472. The van der Waals surface area contributed by atoms with Crippen LogP contribution in [-0.2, 0) is 5.41 Å². The molecule has 2 heterocycles. The van der Waals surface area contributed by atoms with E-state index in [4.69, 9.17) is 18.7 Å². The van der Waals surface area contributed by atoms with Crippen LogP contribution in [0.4, 0.5) is 0 Å². The van der Waals surface area contributed by atoms with Gasteiger partial charge in [-0.1, -0.05) is 125 Å². The fraction of sp³-hybridized carbons (Fsp3) is 0.192. The van der Waals surface area contributed by atoms with Crippen molar-refractivity contribution in [1.82, 2.24) is 14.5 Å². The van der Waals surface area contributed by atoms with Gasteiger partial charge in [0.15, 0.2) is 0 Å². The van der Waals surface area contributed by atoms with Gasteiger partial charge in [0.25, 0.3) is 0 Å². The Kier molecular flexibility index (Phi) is 6.94. The first kappa shape index (κ1) is 27.2. The average Bonchev–Trinajstić information content (AvgIpc) is 3.65. The van der Waals surface area contributed by atoms with E-state index in [1.54, 1.807) is 12.1 Å². The number of nitrogens with zero attached hydrogens (tertiary/aromatic N) is 3. The molecule has 0 atom stereocenters. The largest absolute Gasteiger partial charge is 0.507 e. The van der Waals surface area contributed by atoms with Crippen molar-refractivity contribution in [2.45, 2.75) is 66.6 Å². The van der Waals surface area contributed by atoms with E-state index >= 15 is 0 Å². The Labute approximate surface area is 350 Å². The molecule has 5 heteroatoms. The van der Waals surface area contributed by atoms with Gasteiger partial charge in [-0.3, -0.25) is 9.55 Å². The number of fused-ring (bicyclic) bond motifs is 1. The van der Waals surface area contributed by atoms with Crippen LogP contribution in [0.3, 0.4) is 0 Å². The first-order chi connectivity index (χ1) is 31.3. The molecule has 0 amide bonds. The summed E-state index contributed by atoms with van der Waals surface area (Å²) in [5, 5.41) is 23.9. The molecule has 5 nitrogen and oxygen atoms in total. The number of aromatic nitrogens is 3. The highest BCUT2D eigenvalue weighted by molar-refractivity contribution is 5.97. The second-order valence-corrected chi connectivity index (χ2v) is 15.8. The molecule has 0 unspecified atom stereocenters. The fourth-order valence-electron chi connectivity index (χ4n) is 7.27. The van der Waals surface area contributed by atoms with Gasteiger partial charge in [-0.25, -0.2) is 4.98 Å². The molecule has 57 heavy (non-hydrogen) atoms. The summed E-state index contributed by atoms with van der Waals surface area (Å²) in [4.78, 5) is 9.70. The average molecular weight is 758 g/mol. The summed E-state index contributed by atoms with van der Waals surface area (Å²) >= 11 is 0. The Morgan fingerprint density at radius 3 is 2.16 bits per heavy atom. The lowest BCUT2D eigenvalue weighted by Crippen LogP contribution is -2.11. The third-order valence-electron chi connectivity index (χ3n) is 10.3. The first-order valence-corrected chi connectivity index (χ1v) is 18.8. The van der Waals surface area contributed by atoms with E-state index in [0.29, 0.717) is 44.7 Å². The summed E-state index contributed by atoms with van der Waals surface area (Å²) in [6.07, 6.45) is -0.617. The summed E-state index contributed by atoms with van der Waals surface area (Å²) in [5.41, 5.74) is 6.59. The summed E-state index contributed by atoms with van der Waals surface area (Å²) < 4.78 is 87.0. The minimum atomic E-state index is -2.98. The Balaban J connectivity index is 1.43. The molecule has 8 aromatic rings. The van der Waals surface area contributed by atoms with E-state index < -0.39 is 77.0 Å². The second-order valence-electron chi connectivity index (χ2n) is 15.8. The Morgan fingerprint density at radius 2 is 1.44 bits per heavy atom. The number of hydrogen-bond acceptors (Lipinski definition) is 4. The molecular weight excluding hydrogens is 699 g/mol. The highest BCUT2D eigenvalue weighted by Crippen LogP contribution is 2.43. The second kappa shape index (κ2) is 14.6. The number of rotatable bonds is 7. The van der Waals surface area contributed by atoms with Gasteiger partial charge in [0, 0.05) is 34.0 Å². The minimum Gasteiger partial charge on any atom is -0.507 e. The standard InChI is InChI=1S/C52H49N3O2/c1-31(2)37-25-38(35-13-10-9-11-14-35)30-42(29-37)55-46-16-12-15-43(48(46)54-51(55)45-24-33(4)23-34(5)49(45)56)39-26-40(28-41(27-39)52(6,7)8)47-50(57)44(21-22-53-47)36-19-17-32(3)18-20-36/h9-31,56-57H,1-8H3/i3D3,17D,18D,19D,20D,21D,22D,31D. The van der Waals surface area contributed by atoms with Crippen LogP contribution in [0.15, 0.2) is 133 Å². The van der Waals surface area contributed by atoms with Gasteiger partial charge in [0.2, 0.25) is 0 Å². The molecule has 0 aliphatic rings. The molecule has 0 bridgehead atoms. The number of para-hydroxylation sites is 1. The van der Waals surface area contributed by atoms with E-state index in [9.17, 15) is 10.2 Å². The number of imidazole rings is 1. The highest BCUT2D eigenvalue weighted by Gasteiger charge is 2.24. The molecule has 8 rings (SSSR count). The number of phenols is 1. The van der Waals surface area contributed by atoms with Crippen LogP contribution < -0.4 is 0 Å². The zero-order valence-corrected chi connectivity index (χ0v) is 33.0. The Morgan fingerprint density at radius 1 is 0.684 bits per heavy atom. The minimum absolute atomic E-state index is 0.0668. The van der Waals surface area contributed by atoms with Gasteiger partial charge < -0.3 is 10.2 Å². The molecule has 2 N–H and O–H groups in total. The molecule has 2 aromatic heterocycles. The number of pyridine rings is 1. The molecule has 284 valence electrons. The van der Waals surface area contributed by atoms with Crippen molar-refractivity contribution in [3.05, 3.63) is 161 Å². The topological polar surface area (TPSA) is 71.2 Å². The van der Waals surface area contributed by atoms with Crippen molar-refractivity contribution in [2.24, 2.45) is 0 Å². The fourth-order valence-corrected chi connectivity index (χ4v) is 7.27. The van der Waals surface area contributed by atoms with Crippen molar-refractivity contribution in [3.63, 3.8) is 0 Å². The first-order valence-electron chi connectivity index (χ1n) is 23.8. The molecule has 0 spiro atoms. The monoisotopic (exact) mass is 757 g/mol. The van der Waals surface area contributed by atoms with Crippen molar-refractivity contribution in [1.29, 1.82) is 0 Å². The van der Waals surface area contributed by atoms with E-state index in [1.807, 2.05) is 132 Å². The van der Waals surface area contributed by atoms with Crippen molar-refractivity contribution in [3.8, 4) is 73.2 Å².